The van der Waals surface area contributed by atoms with E-state index >= 15 is 0 Å². The van der Waals surface area contributed by atoms with Gasteiger partial charge in [0.05, 0.1) is 11.9 Å². The first-order chi connectivity index (χ1) is 13.5. The summed E-state index contributed by atoms with van der Waals surface area (Å²) in [6.45, 7) is 4.78. The van der Waals surface area contributed by atoms with Gasteiger partial charge in [-0.3, -0.25) is 0 Å². The number of fused-ring (bicyclic) bond motifs is 1. The van der Waals surface area contributed by atoms with Crippen molar-refractivity contribution in [3.05, 3.63) is 58.9 Å². The zero-order valence-electron chi connectivity index (χ0n) is 16.2. The summed E-state index contributed by atoms with van der Waals surface area (Å²) in [5.41, 5.74) is 18.8. The van der Waals surface area contributed by atoms with E-state index in [1.54, 1.807) is 12.4 Å². The number of hydrogen-bond donors (Lipinski definition) is 3. The van der Waals surface area contributed by atoms with Crippen LogP contribution >= 0.6 is 0 Å². The Balaban J connectivity index is 1.62. The molecule has 0 atom stereocenters. The molecule has 7 nitrogen and oxygen atoms in total. The third-order valence-electron chi connectivity index (χ3n) is 5.15. The van der Waals surface area contributed by atoms with Gasteiger partial charge >= 0.3 is 0 Å². The van der Waals surface area contributed by atoms with Crippen LogP contribution in [-0.2, 0) is 19.5 Å². The van der Waals surface area contributed by atoms with Crippen LogP contribution in [0.2, 0.25) is 0 Å². The van der Waals surface area contributed by atoms with E-state index in [1.165, 1.54) is 16.7 Å². The maximum atomic E-state index is 6.04. The number of pyridine rings is 1. The van der Waals surface area contributed by atoms with E-state index in [2.05, 4.69) is 46.3 Å². The van der Waals surface area contributed by atoms with E-state index in [4.69, 9.17) is 16.5 Å². The van der Waals surface area contributed by atoms with Gasteiger partial charge in [0.1, 0.15) is 5.82 Å². The highest BCUT2D eigenvalue weighted by Crippen LogP contribution is 2.29. The average Bonchev–Trinajstić information content (AvgIpc) is 2.67. The van der Waals surface area contributed by atoms with Gasteiger partial charge in [-0.25, -0.2) is 15.0 Å². The minimum absolute atomic E-state index is 0.375. The number of nitrogens with one attached hydrogen (secondary N) is 1. The van der Waals surface area contributed by atoms with Crippen molar-refractivity contribution in [3.8, 4) is 11.3 Å². The second kappa shape index (κ2) is 7.44. The molecule has 0 spiro atoms. The maximum Gasteiger partial charge on any atom is 0.169 e. The van der Waals surface area contributed by atoms with Gasteiger partial charge in [-0.05, 0) is 66.9 Å². The van der Waals surface area contributed by atoms with E-state index in [1.807, 2.05) is 12.1 Å². The highest BCUT2D eigenvalue weighted by molar-refractivity contribution is 5.67. The average molecular weight is 375 g/mol. The molecule has 2 aromatic heterocycles. The standard InChI is InChI=1S/C21H25N7/c1-13-7-15(9-16-12-28(2)6-4-17(13)16)18-11-25-20(23)21(27-18)26-10-14-3-5-24-19(22)8-14/h3,5,7-9,11H,4,6,10,12H2,1-2H3,(H2,22,24)(H2,23,25)(H,26,27). The summed E-state index contributed by atoms with van der Waals surface area (Å²) < 4.78 is 0. The number of benzene rings is 1. The predicted octanol–water partition coefficient (Wildman–Crippen LogP) is 2.61. The Hall–Kier alpha value is -3.19. The lowest BCUT2D eigenvalue weighted by molar-refractivity contribution is 0.312. The van der Waals surface area contributed by atoms with Crippen LogP contribution in [0.4, 0.5) is 17.5 Å². The van der Waals surface area contributed by atoms with E-state index in [0.717, 1.165) is 36.3 Å². The molecule has 1 aliphatic heterocycles. The van der Waals surface area contributed by atoms with Crippen LogP contribution in [0, 0.1) is 6.92 Å². The third-order valence-corrected chi connectivity index (χ3v) is 5.15. The monoisotopic (exact) mass is 375 g/mol. The fourth-order valence-corrected chi connectivity index (χ4v) is 3.67. The van der Waals surface area contributed by atoms with E-state index < -0.39 is 0 Å². The molecule has 0 bridgehead atoms. The molecule has 0 saturated carbocycles. The Bertz CT molecular complexity index is 1020. The van der Waals surface area contributed by atoms with Gasteiger partial charge < -0.3 is 21.7 Å². The van der Waals surface area contributed by atoms with Gasteiger partial charge in [-0.15, -0.1) is 0 Å². The van der Waals surface area contributed by atoms with Crippen molar-refractivity contribution in [2.24, 2.45) is 0 Å². The van der Waals surface area contributed by atoms with E-state index in [0.29, 0.717) is 24.0 Å². The predicted molar refractivity (Wildman–Crippen MR) is 113 cm³/mol. The van der Waals surface area contributed by atoms with Gasteiger partial charge in [0.15, 0.2) is 11.6 Å². The van der Waals surface area contributed by atoms with E-state index in [9.17, 15) is 0 Å². The van der Waals surface area contributed by atoms with Crippen LogP contribution in [-0.4, -0.2) is 33.4 Å². The molecule has 3 aromatic rings. The van der Waals surface area contributed by atoms with Crippen molar-refractivity contribution in [1.82, 2.24) is 19.9 Å². The lowest BCUT2D eigenvalue weighted by atomic mass is 9.92. The Labute approximate surface area is 164 Å². The number of nitrogen functional groups attached to an aromatic ring is 2. The molecule has 0 fully saturated rings. The molecule has 4 rings (SSSR count). The number of aromatic nitrogens is 3. The summed E-state index contributed by atoms with van der Waals surface area (Å²) in [5, 5.41) is 3.26. The molecule has 28 heavy (non-hydrogen) atoms. The van der Waals surface area contributed by atoms with Gasteiger partial charge in [0.2, 0.25) is 0 Å². The zero-order valence-corrected chi connectivity index (χ0v) is 16.2. The number of rotatable bonds is 4. The first kappa shape index (κ1) is 18.2. The molecule has 5 N–H and O–H groups in total. The molecule has 1 aliphatic rings. The molecular formula is C21H25N7. The summed E-state index contributed by atoms with van der Waals surface area (Å²) >= 11 is 0. The smallest absolute Gasteiger partial charge is 0.169 e. The highest BCUT2D eigenvalue weighted by atomic mass is 15.1. The zero-order chi connectivity index (χ0) is 19.7. The first-order valence-electron chi connectivity index (χ1n) is 9.37. The topological polar surface area (TPSA) is 106 Å². The van der Waals surface area contributed by atoms with Crippen molar-refractivity contribution in [1.29, 1.82) is 0 Å². The molecule has 0 radical (unpaired) electrons. The number of nitrogens with two attached hydrogens (primary N) is 2. The summed E-state index contributed by atoms with van der Waals surface area (Å²) in [6.07, 6.45) is 4.51. The lowest BCUT2D eigenvalue weighted by Crippen LogP contribution is -2.27. The van der Waals surface area contributed by atoms with Crippen molar-refractivity contribution in [3.63, 3.8) is 0 Å². The maximum absolute atomic E-state index is 6.04. The van der Waals surface area contributed by atoms with E-state index in [-0.39, 0.29) is 0 Å². The summed E-state index contributed by atoms with van der Waals surface area (Å²) in [7, 11) is 2.15. The van der Waals surface area contributed by atoms with Crippen LogP contribution in [0.15, 0.2) is 36.7 Å². The highest BCUT2D eigenvalue weighted by Gasteiger charge is 2.17. The minimum atomic E-state index is 0.375. The fourth-order valence-electron chi connectivity index (χ4n) is 3.67. The molecule has 144 valence electrons. The van der Waals surface area contributed by atoms with Crippen molar-refractivity contribution < 1.29 is 0 Å². The number of aryl methyl sites for hydroxylation is 1. The van der Waals surface area contributed by atoms with Gasteiger partial charge in [0.25, 0.3) is 0 Å². The van der Waals surface area contributed by atoms with Gasteiger partial charge in [-0.2, -0.15) is 0 Å². The molecule has 7 heteroatoms. The Morgan fingerprint density at radius 2 is 2.04 bits per heavy atom. The van der Waals surface area contributed by atoms with Gasteiger partial charge in [0, 0.05) is 31.4 Å². The van der Waals surface area contributed by atoms with Crippen LogP contribution in [0.3, 0.4) is 0 Å². The van der Waals surface area contributed by atoms with Crippen LogP contribution in [0.5, 0.6) is 0 Å². The SMILES string of the molecule is Cc1cc(-c2cnc(N)c(NCc3ccnc(N)c3)n2)cc2c1CCN(C)C2. The Kier molecular flexibility index (Phi) is 4.83. The lowest BCUT2D eigenvalue weighted by Gasteiger charge is -2.27. The minimum Gasteiger partial charge on any atom is -0.384 e. The van der Waals surface area contributed by atoms with Crippen LogP contribution in [0.25, 0.3) is 11.3 Å². The summed E-state index contributed by atoms with van der Waals surface area (Å²) in [6, 6.07) is 8.15. The van der Waals surface area contributed by atoms with Crippen LogP contribution < -0.4 is 16.8 Å². The number of anilines is 3. The summed E-state index contributed by atoms with van der Waals surface area (Å²) in [5.74, 6) is 1.43. The quantitative estimate of drug-likeness (QED) is 0.643. The fraction of sp³-hybridized carbons (Fsp3) is 0.286. The number of hydrogen-bond acceptors (Lipinski definition) is 7. The Morgan fingerprint density at radius 3 is 2.86 bits per heavy atom. The second-order valence-electron chi connectivity index (χ2n) is 7.35. The number of nitrogens with zero attached hydrogens (tertiary/aromatic N) is 4. The molecule has 0 aliphatic carbocycles. The molecule has 1 aromatic carbocycles. The van der Waals surface area contributed by atoms with Crippen molar-refractivity contribution in [2.45, 2.75) is 26.4 Å². The largest absolute Gasteiger partial charge is 0.384 e. The molecular weight excluding hydrogens is 350 g/mol. The molecule has 0 saturated heterocycles. The third kappa shape index (κ3) is 3.75. The molecule has 3 heterocycles. The Morgan fingerprint density at radius 1 is 1.18 bits per heavy atom. The van der Waals surface area contributed by atoms with Crippen molar-refractivity contribution in [2.75, 3.05) is 30.4 Å². The molecule has 0 amide bonds. The summed E-state index contributed by atoms with van der Waals surface area (Å²) in [4.78, 5) is 15.4. The second-order valence-corrected chi connectivity index (χ2v) is 7.35. The number of likely N-dealkylation sites (N-methyl/N-ethyl adjacent to an activating group) is 1. The first-order valence-corrected chi connectivity index (χ1v) is 9.37. The van der Waals surface area contributed by atoms with Crippen LogP contribution in [0.1, 0.15) is 22.3 Å². The normalized spacial score (nSPS) is 13.9. The van der Waals surface area contributed by atoms with Gasteiger partial charge in [-0.1, -0.05) is 0 Å². The van der Waals surface area contributed by atoms with Crippen molar-refractivity contribution >= 4 is 17.5 Å². The molecule has 0 unspecified atom stereocenters.